The predicted molar refractivity (Wildman–Crippen MR) is 209 cm³/mol. The first kappa shape index (κ1) is 34.7. The van der Waals surface area contributed by atoms with E-state index in [-0.39, 0.29) is 0 Å². The minimum atomic E-state index is -2.41. The van der Waals surface area contributed by atoms with Gasteiger partial charge in [-0.1, -0.05) is 195 Å². The molecule has 0 radical (unpaired) electrons. The monoisotopic (exact) mass is 696 g/mol. The van der Waals surface area contributed by atoms with Crippen LogP contribution in [0.5, 0.6) is 0 Å². The largest absolute Gasteiger partial charge is 0.247 e. The SMILES string of the molecule is C[Si](C)(Cl)c1ccccc1.C[Si](Cl)(c1ccccc1)c1ccccc1.Cl[Si](c1ccccc1)(c1ccccc1)c1ccccc1. The van der Waals surface area contributed by atoms with E-state index in [0.29, 0.717) is 0 Å². The standard InChI is InChI=1S/C18H15ClSi.C13H13ClSi.C8H11ClSi/c19-20(16-10-4-1-5-11-16,17-12-6-2-7-13-17)18-14-8-3-9-15-18;1-15(14,12-8-4-2-5-9-12)13-10-6-3-7-11-13;1-10(2,9)8-6-4-3-5-7-8/h1-15H;2-11H,1H3;3-7H,1-2H3. The van der Waals surface area contributed by atoms with Crippen molar-refractivity contribution in [3.63, 3.8) is 0 Å². The molecule has 0 fully saturated rings. The highest BCUT2D eigenvalue weighted by atomic mass is 35.6. The zero-order chi connectivity index (χ0) is 32.2. The molecule has 6 aromatic carbocycles. The normalized spacial score (nSPS) is 11.3. The molecule has 6 rings (SSSR count). The van der Waals surface area contributed by atoms with E-state index in [2.05, 4.69) is 129 Å². The van der Waals surface area contributed by atoms with Crippen LogP contribution in [0, 0.1) is 0 Å². The lowest BCUT2D eigenvalue weighted by Gasteiger charge is -2.26. The van der Waals surface area contributed by atoms with E-state index in [9.17, 15) is 0 Å². The van der Waals surface area contributed by atoms with Crippen molar-refractivity contribution in [2.24, 2.45) is 0 Å². The molecular weight excluding hydrogens is 659 g/mol. The number of halogens is 3. The fourth-order valence-corrected chi connectivity index (χ4v) is 13.2. The van der Waals surface area contributed by atoms with Crippen LogP contribution in [0.4, 0.5) is 0 Å². The Kier molecular flexibility index (Phi) is 12.7. The first-order chi connectivity index (χ1) is 21.6. The lowest BCUT2D eigenvalue weighted by atomic mass is 10.3. The van der Waals surface area contributed by atoms with Crippen LogP contribution in [0.15, 0.2) is 182 Å². The molecule has 0 aliphatic carbocycles. The third kappa shape index (κ3) is 9.43. The molecular formula is C39H39Cl3Si3. The van der Waals surface area contributed by atoms with E-state index in [1.54, 1.807) is 0 Å². The summed E-state index contributed by atoms with van der Waals surface area (Å²) in [6.45, 7) is 6.42. The Morgan fingerprint density at radius 1 is 0.289 bits per heavy atom. The Morgan fingerprint density at radius 3 is 0.689 bits per heavy atom. The quantitative estimate of drug-likeness (QED) is 0.0946. The van der Waals surface area contributed by atoms with Crippen molar-refractivity contribution in [3.05, 3.63) is 182 Å². The summed E-state index contributed by atoms with van der Waals surface area (Å²) >= 11 is 20.2. The molecule has 0 aliphatic rings. The van der Waals surface area contributed by atoms with Crippen LogP contribution in [0.2, 0.25) is 19.6 Å². The van der Waals surface area contributed by atoms with Crippen molar-refractivity contribution in [3.8, 4) is 0 Å². The van der Waals surface area contributed by atoms with Gasteiger partial charge in [0.25, 0.3) is 0 Å². The van der Waals surface area contributed by atoms with Crippen molar-refractivity contribution < 1.29 is 0 Å². The van der Waals surface area contributed by atoms with Crippen LogP contribution >= 0.6 is 33.2 Å². The molecule has 0 atom stereocenters. The lowest BCUT2D eigenvalue weighted by Crippen LogP contribution is -2.62. The predicted octanol–water partition coefficient (Wildman–Crippen LogP) is 7.84. The van der Waals surface area contributed by atoms with E-state index < -0.39 is 22.2 Å². The van der Waals surface area contributed by atoms with Crippen molar-refractivity contribution in [2.75, 3.05) is 0 Å². The van der Waals surface area contributed by atoms with Gasteiger partial charge in [-0.25, -0.2) is 0 Å². The Labute approximate surface area is 286 Å². The van der Waals surface area contributed by atoms with Crippen molar-refractivity contribution >= 4 is 86.5 Å². The highest BCUT2D eigenvalue weighted by Gasteiger charge is 2.37. The summed E-state index contributed by atoms with van der Waals surface area (Å²) in [5, 5.41) is 7.49. The molecule has 0 aromatic heterocycles. The van der Waals surface area contributed by atoms with Gasteiger partial charge in [0.1, 0.15) is 0 Å². The summed E-state index contributed by atoms with van der Waals surface area (Å²) in [7, 11) is -5.95. The molecule has 0 heterocycles. The second-order valence-corrected chi connectivity index (χ2v) is 27.9. The molecule has 0 spiro atoms. The first-order valence-electron chi connectivity index (χ1n) is 15.0. The average Bonchev–Trinajstić information content (AvgIpc) is 3.10. The van der Waals surface area contributed by atoms with Gasteiger partial charge in [0.05, 0.1) is 0 Å². The highest BCUT2D eigenvalue weighted by molar-refractivity contribution is 7.40. The number of rotatable bonds is 6. The molecule has 0 unspecified atom stereocenters. The molecule has 0 saturated heterocycles. The third-order valence-corrected chi connectivity index (χ3v) is 19.5. The van der Waals surface area contributed by atoms with Crippen LogP contribution in [0.3, 0.4) is 0 Å². The van der Waals surface area contributed by atoms with Gasteiger partial charge in [-0.15, -0.1) is 11.1 Å². The van der Waals surface area contributed by atoms with Gasteiger partial charge >= 0.3 is 0 Å². The molecule has 0 N–H and O–H groups in total. The van der Waals surface area contributed by atoms with Crippen molar-refractivity contribution in [1.29, 1.82) is 0 Å². The Balaban J connectivity index is 0.000000163. The van der Waals surface area contributed by atoms with E-state index in [0.717, 1.165) is 0 Å². The smallest absolute Gasteiger partial charge is 0.162 e. The number of hydrogen-bond donors (Lipinski definition) is 0. The van der Waals surface area contributed by atoms with Crippen LogP contribution in [0.25, 0.3) is 0 Å². The van der Waals surface area contributed by atoms with Gasteiger partial charge in [0, 0.05) is 0 Å². The van der Waals surface area contributed by atoms with Gasteiger partial charge in [0.15, 0.2) is 7.38 Å². The summed E-state index contributed by atoms with van der Waals surface area (Å²) in [5.41, 5.74) is 0. The molecule has 228 valence electrons. The molecule has 6 heteroatoms. The van der Waals surface area contributed by atoms with E-state index in [1.807, 2.05) is 72.8 Å². The molecule has 6 aromatic rings. The molecule has 0 aliphatic heterocycles. The Hall–Kier alpha value is -3.16. The Bertz CT molecular complexity index is 1540. The van der Waals surface area contributed by atoms with E-state index in [1.165, 1.54) is 31.1 Å². The molecule has 0 bridgehead atoms. The van der Waals surface area contributed by atoms with Crippen LogP contribution in [0.1, 0.15) is 0 Å². The number of benzene rings is 6. The van der Waals surface area contributed by atoms with Gasteiger partial charge in [-0.2, -0.15) is 22.2 Å². The summed E-state index contributed by atoms with van der Waals surface area (Å²) in [4.78, 5) is 0. The molecule has 0 saturated carbocycles. The fourth-order valence-electron chi connectivity index (χ4n) is 5.01. The summed E-state index contributed by atoms with van der Waals surface area (Å²) in [5.74, 6) is 0. The summed E-state index contributed by atoms with van der Waals surface area (Å²) < 4.78 is 0. The zero-order valence-corrected chi connectivity index (χ0v) is 31.2. The molecule has 0 amide bonds. The van der Waals surface area contributed by atoms with Gasteiger partial charge in [0.2, 0.25) is 14.8 Å². The van der Waals surface area contributed by atoms with Gasteiger partial charge in [-0.3, -0.25) is 0 Å². The van der Waals surface area contributed by atoms with E-state index in [4.69, 9.17) is 33.2 Å². The third-order valence-electron chi connectivity index (χ3n) is 7.61. The van der Waals surface area contributed by atoms with Crippen LogP contribution < -0.4 is 31.1 Å². The minimum Gasteiger partial charge on any atom is -0.162 e. The number of hydrogen-bond acceptors (Lipinski definition) is 0. The highest BCUT2D eigenvalue weighted by Crippen LogP contribution is 2.12. The van der Waals surface area contributed by atoms with Crippen LogP contribution in [-0.4, -0.2) is 22.2 Å². The maximum atomic E-state index is 7.25. The zero-order valence-electron chi connectivity index (χ0n) is 26.0. The van der Waals surface area contributed by atoms with Gasteiger partial charge < -0.3 is 0 Å². The first-order valence-corrected chi connectivity index (χ1v) is 25.6. The average molecular weight is 698 g/mol. The minimum absolute atomic E-state index is 1.22. The lowest BCUT2D eigenvalue weighted by molar-refractivity contribution is 1.70. The topological polar surface area (TPSA) is 0 Å². The summed E-state index contributed by atoms with van der Waals surface area (Å²) in [6, 6.07) is 62.3. The Morgan fingerprint density at radius 2 is 0.489 bits per heavy atom. The molecule has 45 heavy (non-hydrogen) atoms. The molecule has 0 nitrogen and oxygen atoms in total. The maximum Gasteiger partial charge on any atom is 0.247 e. The van der Waals surface area contributed by atoms with Crippen molar-refractivity contribution in [2.45, 2.75) is 19.6 Å². The second kappa shape index (κ2) is 16.4. The van der Waals surface area contributed by atoms with Gasteiger partial charge in [-0.05, 0) is 37.7 Å². The van der Waals surface area contributed by atoms with Crippen molar-refractivity contribution in [1.82, 2.24) is 0 Å². The second-order valence-electron chi connectivity index (χ2n) is 11.3. The summed E-state index contributed by atoms with van der Waals surface area (Å²) in [6.07, 6.45) is 0. The van der Waals surface area contributed by atoms with E-state index >= 15 is 0 Å². The van der Waals surface area contributed by atoms with Crippen LogP contribution in [-0.2, 0) is 0 Å². The fraction of sp³-hybridized carbons (Fsp3) is 0.0769. The maximum absolute atomic E-state index is 7.25.